The second-order valence-corrected chi connectivity index (χ2v) is 6.17. The highest BCUT2D eigenvalue weighted by Crippen LogP contribution is 2.31. The van der Waals surface area contributed by atoms with Gasteiger partial charge in [-0.05, 0) is 31.0 Å². The zero-order valence-corrected chi connectivity index (χ0v) is 17.4. The fourth-order valence-electron chi connectivity index (χ4n) is 3.23. The first kappa shape index (κ1) is 19.6. The molecule has 0 radical (unpaired) electrons. The van der Waals surface area contributed by atoms with Crippen LogP contribution in [0.15, 0.2) is 41.5 Å². The Morgan fingerprint density at radius 2 is 2.08 bits per heavy atom. The van der Waals surface area contributed by atoms with Gasteiger partial charge in [0.15, 0.2) is 5.96 Å². The second kappa shape index (κ2) is 9.07. The van der Waals surface area contributed by atoms with Crippen LogP contribution in [0, 0.1) is 0 Å². The van der Waals surface area contributed by atoms with E-state index < -0.39 is 0 Å². The summed E-state index contributed by atoms with van der Waals surface area (Å²) in [6, 6.07) is 11.2. The van der Waals surface area contributed by atoms with E-state index in [-0.39, 0.29) is 24.0 Å². The standard InChI is InChI=1S/C18H26N6.HI/c1-14-12-15-6-4-5-7-17(15)24(14)11-10-20-18(19-2)21-13-16-8-9-22-23(16)3;/h4-9,14H,10-13H2,1-3H3,(H2,19,20,21);1H. The van der Waals surface area contributed by atoms with Gasteiger partial charge in [-0.3, -0.25) is 9.67 Å². The zero-order chi connectivity index (χ0) is 16.9. The first-order valence-corrected chi connectivity index (χ1v) is 8.45. The Balaban J connectivity index is 0.00000225. The van der Waals surface area contributed by atoms with Crippen molar-refractivity contribution in [3.63, 3.8) is 0 Å². The Labute approximate surface area is 166 Å². The SMILES string of the molecule is CN=C(NCCN1c2ccccc2CC1C)NCc1ccnn1C.I. The number of rotatable bonds is 5. The van der Waals surface area contributed by atoms with Crippen LogP contribution in [0.3, 0.4) is 0 Å². The number of nitrogens with zero attached hydrogens (tertiary/aromatic N) is 4. The maximum atomic E-state index is 4.29. The Morgan fingerprint density at radius 1 is 1.28 bits per heavy atom. The third kappa shape index (κ3) is 4.65. The molecule has 1 unspecified atom stereocenters. The predicted molar refractivity (Wildman–Crippen MR) is 114 cm³/mol. The van der Waals surface area contributed by atoms with E-state index in [0.29, 0.717) is 12.6 Å². The van der Waals surface area contributed by atoms with E-state index in [4.69, 9.17) is 0 Å². The highest BCUT2D eigenvalue weighted by atomic mass is 127. The van der Waals surface area contributed by atoms with Crippen molar-refractivity contribution in [3.8, 4) is 0 Å². The maximum absolute atomic E-state index is 4.29. The van der Waals surface area contributed by atoms with E-state index in [0.717, 1.165) is 31.2 Å². The summed E-state index contributed by atoms with van der Waals surface area (Å²) in [7, 11) is 3.74. The van der Waals surface area contributed by atoms with Gasteiger partial charge in [0.2, 0.25) is 0 Å². The molecule has 25 heavy (non-hydrogen) atoms. The number of aromatic nitrogens is 2. The lowest BCUT2D eigenvalue weighted by Crippen LogP contribution is -2.42. The maximum Gasteiger partial charge on any atom is 0.191 e. The van der Waals surface area contributed by atoms with Crippen molar-refractivity contribution in [1.82, 2.24) is 20.4 Å². The highest BCUT2D eigenvalue weighted by molar-refractivity contribution is 14.0. The summed E-state index contributed by atoms with van der Waals surface area (Å²) in [4.78, 5) is 6.76. The average Bonchev–Trinajstić information content (AvgIpc) is 3.13. The molecule has 0 fully saturated rings. The Hall–Kier alpha value is -1.77. The number of guanidine groups is 1. The lowest BCUT2D eigenvalue weighted by atomic mass is 10.1. The fraction of sp³-hybridized carbons (Fsp3) is 0.444. The molecule has 0 aliphatic carbocycles. The van der Waals surface area contributed by atoms with E-state index in [2.05, 4.69) is 56.8 Å². The lowest BCUT2D eigenvalue weighted by Gasteiger charge is -2.25. The molecule has 6 nitrogen and oxygen atoms in total. The van der Waals surface area contributed by atoms with Crippen LogP contribution in [0.1, 0.15) is 18.2 Å². The molecule has 2 N–H and O–H groups in total. The summed E-state index contributed by atoms with van der Waals surface area (Å²) in [6.07, 6.45) is 2.93. The zero-order valence-electron chi connectivity index (χ0n) is 15.1. The molecule has 2 aromatic rings. The highest BCUT2D eigenvalue weighted by Gasteiger charge is 2.24. The predicted octanol–water partition coefficient (Wildman–Crippen LogP) is 2.15. The quantitative estimate of drug-likeness (QED) is 0.413. The molecular weight excluding hydrogens is 427 g/mol. The number of fused-ring (bicyclic) bond motifs is 1. The third-order valence-corrected chi connectivity index (χ3v) is 4.58. The van der Waals surface area contributed by atoms with Crippen LogP contribution >= 0.6 is 24.0 Å². The number of hydrogen-bond donors (Lipinski definition) is 2. The van der Waals surface area contributed by atoms with Crippen molar-refractivity contribution in [1.29, 1.82) is 0 Å². The van der Waals surface area contributed by atoms with E-state index in [1.54, 1.807) is 13.2 Å². The summed E-state index contributed by atoms with van der Waals surface area (Å²) in [5.74, 6) is 0.816. The fourth-order valence-corrected chi connectivity index (χ4v) is 3.23. The van der Waals surface area contributed by atoms with Crippen molar-refractivity contribution in [2.45, 2.75) is 25.9 Å². The second-order valence-electron chi connectivity index (χ2n) is 6.17. The van der Waals surface area contributed by atoms with Gasteiger partial charge in [0.05, 0.1) is 12.2 Å². The number of aryl methyl sites for hydroxylation is 1. The summed E-state index contributed by atoms with van der Waals surface area (Å²) < 4.78 is 1.86. The van der Waals surface area contributed by atoms with Crippen molar-refractivity contribution in [2.24, 2.45) is 12.0 Å². The minimum absolute atomic E-state index is 0. The Kier molecular flexibility index (Phi) is 7.10. The van der Waals surface area contributed by atoms with E-state index in [9.17, 15) is 0 Å². The molecule has 3 rings (SSSR count). The van der Waals surface area contributed by atoms with Crippen LogP contribution in [0.2, 0.25) is 0 Å². The van der Waals surface area contributed by atoms with Crippen LogP contribution in [0.25, 0.3) is 0 Å². The number of halogens is 1. The van der Waals surface area contributed by atoms with Crippen molar-refractivity contribution in [3.05, 3.63) is 47.8 Å². The molecule has 1 aliphatic heterocycles. The lowest BCUT2D eigenvalue weighted by molar-refractivity contribution is 0.651. The summed E-state index contributed by atoms with van der Waals surface area (Å²) in [5, 5.41) is 10.9. The van der Waals surface area contributed by atoms with Crippen molar-refractivity contribution < 1.29 is 0 Å². The summed E-state index contributed by atoms with van der Waals surface area (Å²) in [6.45, 7) is 4.81. The van der Waals surface area contributed by atoms with Gasteiger partial charge in [0.25, 0.3) is 0 Å². The largest absolute Gasteiger partial charge is 0.367 e. The van der Waals surface area contributed by atoms with Crippen LogP contribution in [0.5, 0.6) is 0 Å². The number of anilines is 1. The molecule has 0 bridgehead atoms. The number of nitrogens with one attached hydrogen (secondary N) is 2. The monoisotopic (exact) mass is 454 g/mol. The van der Waals surface area contributed by atoms with E-state index >= 15 is 0 Å². The van der Waals surface area contributed by atoms with Gasteiger partial charge in [0.1, 0.15) is 0 Å². The van der Waals surface area contributed by atoms with Crippen LogP contribution in [-0.4, -0.2) is 41.9 Å². The topological polar surface area (TPSA) is 57.5 Å². The normalized spacial score (nSPS) is 16.4. The molecule has 0 saturated heterocycles. The Morgan fingerprint density at radius 3 is 2.80 bits per heavy atom. The van der Waals surface area contributed by atoms with Crippen LogP contribution < -0.4 is 15.5 Å². The summed E-state index contributed by atoms with van der Waals surface area (Å²) in [5.41, 5.74) is 3.94. The number of hydrogen-bond acceptors (Lipinski definition) is 3. The van der Waals surface area contributed by atoms with Gasteiger partial charge in [-0.15, -0.1) is 24.0 Å². The molecule has 0 spiro atoms. The molecule has 0 amide bonds. The molecule has 1 aromatic heterocycles. The van der Waals surface area contributed by atoms with Gasteiger partial charge in [-0.2, -0.15) is 5.10 Å². The molecule has 1 aliphatic rings. The first-order valence-electron chi connectivity index (χ1n) is 8.45. The number of aliphatic imine (C=N–C) groups is 1. The third-order valence-electron chi connectivity index (χ3n) is 4.58. The summed E-state index contributed by atoms with van der Waals surface area (Å²) >= 11 is 0. The number of benzene rings is 1. The molecule has 1 atom stereocenters. The minimum atomic E-state index is 0. The van der Waals surface area contributed by atoms with Gasteiger partial charge in [-0.25, -0.2) is 0 Å². The van der Waals surface area contributed by atoms with Gasteiger partial charge < -0.3 is 15.5 Å². The van der Waals surface area contributed by atoms with Crippen molar-refractivity contribution >= 4 is 35.6 Å². The van der Waals surface area contributed by atoms with Crippen LogP contribution in [0.4, 0.5) is 5.69 Å². The molecule has 2 heterocycles. The number of para-hydroxylation sites is 1. The van der Waals surface area contributed by atoms with Gasteiger partial charge >= 0.3 is 0 Å². The minimum Gasteiger partial charge on any atom is -0.367 e. The van der Waals surface area contributed by atoms with E-state index in [1.165, 1.54) is 11.3 Å². The van der Waals surface area contributed by atoms with Gasteiger partial charge in [0, 0.05) is 45.1 Å². The molecule has 7 heteroatoms. The molecule has 0 saturated carbocycles. The molecule has 136 valence electrons. The van der Waals surface area contributed by atoms with Crippen LogP contribution in [-0.2, 0) is 20.0 Å². The first-order chi connectivity index (χ1) is 11.7. The van der Waals surface area contributed by atoms with Crippen molar-refractivity contribution in [2.75, 3.05) is 25.0 Å². The average molecular weight is 454 g/mol. The molecule has 1 aromatic carbocycles. The van der Waals surface area contributed by atoms with Gasteiger partial charge in [-0.1, -0.05) is 18.2 Å². The molecular formula is C18H27IN6. The van der Waals surface area contributed by atoms with E-state index in [1.807, 2.05) is 17.8 Å². The Bertz CT molecular complexity index is 711. The smallest absolute Gasteiger partial charge is 0.191 e.